The van der Waals surface area contributed by atoms with Gasteiger partial charge in [0.1, 0.15) is 17.7 Å². The van der Waals surface area contributed by atoms with E-state index in [-0.39, 0.29) is 17.9 Å². The first-order valence-corrected chi connectivity index (χ1v) is 9.60. The predicted molar refractivity (Wildman–Crippen MR) is 112 cm³/mol. The van der Waals surface area contributed by atoms with Crippen LogP contribution in [0.2, 0.25) is 0 Å². The monoisotopic (exact) mass is 419 g/mol. The second-order valence-electron chi connectivity index (χ2n) is 6.64. The summed E-state index contributed by atoms with van der Waals surface area (Å²) in [5, 5.41) is 3.25. The maximum atomic E-state index is 13.1. The fraction of sp³-hybridized carbons (Fsp3) is 0.130. The minimum atomic E-state index is -0.758. The number of nitrogens with one attached hydrogen (secondary N) is 1. The van der Waals surface area contributed by atoms with Gasteiger partial charge in [-0.3, -0.25) is 4.79 Å². The molecule has 0 unspecified atom stereocenters. The number of amides is 1. The Morgan fingerprint density at radius 2 is 1.94 bits per heavy atom. The van der Waals surface area contributed by atoms with Gasteiger partial charge in [0, 0.05) is 10.9 Å². The summed E-state index contributed by atoms with van der Waals surface area (Å²) in [7, 11) is 0. The van der Waals surface area contributed by atoms with Gasteiger partial charge < -0.3 is 14.5 Å². The van der Waals surface area contributed by atoms with E-state index in [1.165, 1.54) is 24.5 Å². The normalized spacial score (nSPS) is 10.8. The highest BCUT2D eigenvalue weighted by Gasteiger charge is 2.16. The van der Waals surface area contributed by atoms with Crippen LogP contribution in [0.3, 0.4) is 0 Å². The molecule has 0 aliphatic carbocycles. The Bertz CT molecular complexity index is 1300. The maximum Gasteiger partial charge on any atom is 0.349 e. The van der Waals surface area contributed by atoms with Crippen LogP contribution in [-0.4, -0.2) is 22.5 Å². The van der Waals surface area contributed by atoms with Gasteiger partial charge in [0.15, 0.2) is 11.3 Å². The number of ether oxygens (including phenoxy) is 1. The molecule has 1 N–H and O–H groups in total. The van der Waals surface area contributed by atoms with E-state index in [1.807, 2.05) is 6.92 Å². The summed E-state index contributed by atoms with van der Waals surface area (Å²) in [5.41, 5.74) is 1.27. The average molecular weight is 419 g/mol. The first kappa shape index (κ1) is 20.2. The Hall–Kier alpha value is -4.07. The fourth-order valence-electron chi connectivity index (χ4n) is 3.08. The molecular formula is C23H18FN3O4. The van der Waals surface area contributed by atoms with Gasteiger partial charge in [0.2, 0.25) is 0 Å². The molecule has 0 radical (unpaired) electrons. The van der Waals surface area contributed by atoms with E-state index in [9.17, 15) is 14.0 Å². The third kappa shape index (κ3) is 4.42. The van der Waals surface area contributed by atoms with Gasteiger partial charge in [-0.25, -0.2) is 19.2 Å². The van der Waals surface area contributed by atoms with Crippen molar-refractivity contribution in [1.82, 2.24) is 15.3 Å². The quantitative estimate of drug-likeness (QED) is 0.479. The van der Waals surface area contributed by atoms with Crippen LogP contribution < -0.4 is 15.7 Å². The van der Waals surface area contributed by atoms with E-state index in [0.29, 0.717) is 34.7 Å². The van der Waals surface area contributed by atoms with Crippen LogP contribution >= 0.6 is 0 Å². The van der Waals surface area contributed by atoms with Gasteiger partial charge in [-0.1, -0.05) is 12.1 Å². The Balaban J connectivity index is 1.53. The zero-order valence-corrected chi connectivity index (χ0v) is 16.6. The molecule has 2 heterocycles. The summed E-state index contributed by atoms with van der Waals surface area (Å²) >= 11 is 0. The Morgan fingerprint density at radius 1 is 1.13 bits per heavy atom. The molecule has 4 aromatic rings. The van der Waals surface area contributed by atoms with Crippen LogP contribution in [0, 0.1) is 5.82 Å². The second-order valence-corrected chi connectivity index (χ2v) is 6.64. The number of nitrogens with zero attached hydrogens (tertiary/aromatic N) is 2. The molecule has 0 saturated heterocycles. The number of fused-ring (bicyclic) bond motifs is 1. The SMILES string of the molecule is CCOc1cccc2cc(C(=O)NCc3cc(-c4ccc(F)cc4)ncn3)c(=O)oc12. The van der Waals surface area contributed by atoms with Crippen LogP contribution in [0.5, 0.6) is 5.75 Å². The minimum Gasteiger partial charge on any atom is -0.490 e. The van der Waals surface area contributed by atoms with E-state index in [4.69, 9.17) is 9.15 Å². The first-order chi connectivity index (χ1) is 15.0. The molecule has 8 heteroatoms. The molecule has 4 rings (SSSR count). The lowest BCUT2D eigenvalue weighted by molar-refractivity contribution is 0.0947. The number of aromatic nitrogens is 2. The van der Waals surface area contributed by atoms with E-state index in [0.717, 1.165) is 5.56 Å². The summed E-state index contributed by atoms with van der Waals surface area (Å²) in [6, 6.07) is 14.2. The van der Waals surface area contributed by atoms with Crippen molar-refractivity contribution in [3.63, 3.8) is 0 Å². The third-order valence-corrected chi connectivity index (χ3v) is 4.56. The van der Waals surface area contributed by atoms with Crippen molar-refractivity contribution in [2.24, 2.45) is 0 Å². The summed E-state index contributed by atoms with van der Waals surface area (Å²) in [6.45, 7) is 2.32. The molecule has 2 aromatic heterocycles. The maximum absolute atomic E-state index is 13.1. The van der Waals surface area contributed by atoms with Gasteiger partial charge >= 0.3 is 5.63 Å². The average Bonchev–Trinajstić information content (AvgIpc) is 2.78. The molecule has 0 aliphatic heterocycles. The highest BCUT2D eigenvalue weighted by molar-refractivity contribution is 5.97. The lowest BCUT2D eigenvalue weighted by atomic mass is 10.1. The number of hydrogen-bond donors (Lipinski definition) is 1. The molecule has 156 valence electrons. The predicted octanol–water partition coefficient (Wildman–Crippen LogP) is 3.72. The van der Waals surface area contributed by atoms with Crippen molar-refractivity contribution in [2.45, 2.75) is 13.5 Å². The number of carbonyl (C=O) groups is 1. The van der Waals surface area contributed by atoms with Gasteiger partial charge in [0.25, 0.3) is 5.91 Å². The molecule has 0 fully saturated rings. The number of halogens is 1. The fourth-order valence-corrected chi connectivity index (χ4v) is 3.08. The zero-order chi connectivity index (χ0) is 21.8. The van der Waals surface area contributed by atoms with E-state index < -0.39 is 11.5 Å². The summed E-state index contributed by atoms with van der Waals surface area (Å²) in [5.74, 6) is -0.481. The number of hydrogen-bond acceptors (Lipinski definition) is 6. The van der Waals surface area contributed by atoms with E-state index in [1.54, 1.807) is 36.4 Å². The van der Waals surface area contributed by atoms with Crippen LogP contribution in [0.4, 0.5) is 4.39 Å². The molecule has 31 heavy (non-hydrogen) atoms. The van der Waals surface area contributed by atoms with Crippen molar-refractivity contribution < 1.29 is 18.3 Å². The van der Waals surface area contributed by atoms with Crippen LogP contribution in [0.1, 0.15) is 23.0 Å². The third-order valence-electron chi connectivity index (χ3n) is 4.56. The minimum absolute atomic E-state index is 0.0754. The zero-order valence-electron chi connectivity index (χ0n) is 16.6. The van der Waals surface area contributed by atoms with Gasteiger partial charge in [-0.05, 0) is 49.4 Å². The summed E-state index contributed by atoms with van der Waals surface area (Å²) < 4.78 is 23.9. The molecule has 1 amide bonds. The Morgan fingerprint density at radius 3 is 2.71 bits per heavy atom. The van der Waals surface area contributed by atoms with Crippen molar-refractivity contribution in [3.05, 3.63) is 88.4 Å². The first-order valence-electron chi connectivity index (χ1n) is 9.60. The van der Waals surface area contributed by atoms with E-state index >= 15 is 0 Å². The van der Waals surface area contributed by atoms with Crippen molar-refractivity contribution in [2.75, 3.05) is 6.61 Å². The number of rotatable bonds is 6. The van der Waals surface area contributed by atoms with Crippen LogP contribution in [-0.2, 0) is 6.54 Å². The summed E-state index contributed by atoms with van der Waals surface area (Å²) in [6.07, 6.45) is 1.36. The lowest BCUT2D eigenvalue weighted by Crippen LogP contribution is -2.28. The molecular weight excluding hydrogens is 401 g/mol. The molecule has 2 aromatic carbocycles. The van der Waals surface area contributed by atoms with Gasteiger partial charge in [0.05, 0.1) is 24.5 Å². The van der Waals surface area contributed by atoms with Gasteiger partial charge in [-0.15, -0.1) is 0 Å². The number of benzene rings is 2. The van der Waals surface area contributed by atoms with Crippen molar-refractivity contribution >= 4 is 16.9 Å². The molecule has 0 atom stereocenters. The number of carbonyl (C=O) groups excluding carboxylic acids is 1. The highest BCUT2D eigenvalue weighted by Crippen LogP contribution is 2.25. The Labute approximate surface area is 176 Å². The molecule has 0 bridgehead atoms. The van der Waals surface area contributed by atoms with Crippen molar-refractivity contribution in [3.8, 4) is 17.0 Å². The smallest absolute Gasteiger partial charge is 0.349 e. The molecule has 0 saturated carbocycles. The number of para-hydroxylation sites is 1. The lowest BCUT2D eigenvalue weighted by Gasteiger charge is -2.08. The largest absolute Gasteiger partial charge is 0.490 e. The van der Waals surface area contributed by atoms with Crippen LogP contribution in [0.15, 0.2) is 70.1 Å². The highest BCUT2D eigenvalue weighted by atomic mass is 19.1. The van der Waals surface area contributed by atoms with Crippen LogP contribution in [0.25, 0.3) is 22.2 Å². The molecule has 0 aliphatic rings. The van der Waals surface area contributed by atoms with Crippen molar-refractivity contribution in [1.29, 1.82) is 0 Å². The molecule has 0 spiro atoms. The Kier molecular flexibility index (Phi) is 5.70. The standard InChI is InChI=1S/C23H18FN3O4/c1-2-30-20-5-3-4-15-10-18(23(29)31-21(15)20)22(28)25-12-17-11-19(27-13-26-17)14-6-8-16(24)9-7-14/h3-11,13H,2,12H2,1H3,(H,25,28). The van der Waals surface area contributed by atoms with Gasteiger partial charge in [-0.2, -0.15) is 0 Å². The topological polar surface area (TPSA) is 94.3 Å². The second kappa shape index (κ2) is 8.74. The van der Waals surface area contributed by atoms with E-state index in [2.05, 4.69) is 15.3 Å². The summed E-state index contributed by atoms with van der Waals surface area (Å²) in [4.78, 5) is 33.3. The molecule has 7 nitrogen and oxygen atoms in total.